The minimum absolute atomic E-state index is 0.137. The molecule has 1 aromatic rings. The largest absolute Gasteiger partial charge is 0.469 e. The van der Waals surface area contributed by atoms with Crippen molar-refractivity contribution < 1.29 is 14.6 Å². The molecule has 3 rings (SSSR count). The number of benzene rings is 1. The van der Waals surface area contributed by atoms with E-state index in [0.717, 1.165) is 44.9 Å². The number of aliphatic hydroxyl groups is 1. The highest BCUT2D eigenvalue weighted by Crippen LogP contribution is 2.45. The fraction of sp³-hybridized carbons (Fsp3) is 0.650. The van der Waals surface area contributed by atoms with Crippen molar-refractivity contribution in [2.75, 3.05) is 7.11 Å². The average Bonchev–Trinajstić information content (AvgIpc) is 2.59. The summed E-state index contributed by atoms with van der Waals surface area (Å²) in [6, 6.07) is 8.38. The van der Waals surface area contributed by atoms with Crippen molar-refractivity contribution in [1.29, 1.82) is 0 Å². The second kappa shape index (κ2) is 6.64. The summed E-state index contributed by atoms with van der Waals surface area (Å²) in [5.41, 5.74) is 1.88. The SMILES string of the molecule is COC(=O)[C@@H]1Cc2ccccc2[C@H](C)C[C@]2(O)CCCC[C@H]2C1. The number of ether oxygens (including phenoxy) is 1. The molecule has 1 N–H and O–H groups in total. The maximum Gasteiger partial charge on any atom is 0.309 e. The quantitative estimate of drug-likeness (QED) is 0.801. The number of hydrogen-bond donors (Lipinski definition) is 1. The maximum atomic E-state index is 12.3. The summed E-state index contributed by atoms with van der Waals surface area (Å²) < 4.78 is 5.06. The zero-order valence-electron chi connectivity index (χ0n) is 14.3. The number of hydrogen-bond acceptors (Lipinski definition) is 3. The van der Waals surface area contributed by atoms with Gasteiger partial charge in [-0.1, -0.05) is 44.0 Å². The zero-order chi connectivity index (χ0) is 16.4. The standard InChI is InChI=1S/C20H28O3/c1-14-13-20(22)10-6-5-8-17(20)12-16(19(21)23-2)11-15-7-3-4-9-18(14)15/h3-4,7,9,14,16-17,22H,5-6,8,10-13H2,1-2H3/t14-,16-,17+,20-/m1/s1. The molecule has 1 saturated carbocycles. The predicted octanol–water partition coefficient (Wildman–Crippen LogP) is 3.84. The Labute approximate surface area is 139 Å². The fourth-order valence-corrected chi connectivity index (χ4v) is 4.78. The minimum atomic E-state index is -0.638. The van der Waals surface area contributed by atoms with Gasteiger partial charge in [0.15, 0.2) is 0 Å². The summed E-state index contributed by atoms with van der Waals surface area (Å²) in [4.78, 5) is 12.3. The molecule has 3 nitrogen and oxygen atoms in total. The third kappa shape index (κ3) is 3.30. The van der Waals surface area contributed by atoms with E-state index in [-0.39, 0.29) is 17.8 Å². The first kappa shape index (κ1) is 16.5. The van der Waals surface area contributed by atoms with E-state index < -0.39 is 5.60 Å². The molecule has 0 radical (unpaired) electrons. The molecule has 1 aromatic carbocycles. The Bertz CT molecular complexity index is 568. The summed E-state index contributed by atoms with van der Waals surface area (Å²) in [5, 5.41) is 11.3. The summed E-state index contributed by atoms with van der Waals surface area (Å²) in [7, 11) is 1.47. The van der Waals surface area contributed by atoms with Crippen molar-refractivity contribution in [3.05, 3.63) is 35.4 Å². The molecule has 2 aliphatic carbocycles. The minimum Gasteiger partial charge on any atom is -0.469 e. The second-order valence-corrected chi connectivity index (χ2v) is 7.51. The van der Waals surface area contributed by atoms with Crippen LogP contribution in [-0.4, -0.2) is 23.8 Å². The van der Waals surface area contributed by atoms with E-state index in [1.807, 2.05) is 6.07 Å². The molecule has 1 fully saturated rings. The van der Waals surface area contributed by atoms with Gasteiger partial charge in [-0.3, -0.25) is 4.79 Å². The third-order valence-electron chi connectivity index (χ3n) is 5.99. The first-order valence-corrected chi connectivity index (χ1v) is 8.91. The monoisotopic (exact) mass is 316 g/mol. The van der Waals surface area contributed by atoms with Crippen LogP contribution < -0.4 is 0 Å². The Balaban J connectivity index is 2.01. The molecule has 4 atom stereocenters. The molecule has 3 heteroatoms. The molecule has 126 valence electrons. The summed E-state index contributed by atoms with van der Waals surface area (Å²) in [5.74, 6) is 0.230. The van der Waals surface area contributed by atoms with Crippen LogP contribution in [0.15, 0.2) is 24.3 Å². The number of fused-ring (bicyclic) bond motifs is 2. The van der Waals surface area contributed by atoms with Crippen LogP contribution in [0.3, 0.4) is 0 Å². The molecular weight excluding hydrogens is 288 g/mol. The van der Waals surface area contributed by atoms with E-state index in [4.69, 9.17) is 4.74 Å². The first-order valence-electron chi connectivity index (χ1n) is 8.91. The number of methoxy groups -OCH3 is 1. The summed E-state index contributed by atoms with van der Waals surface area (Å²) in [6.45, 7) is 2.21. The first-order chi connectivity index (χ1) is 11.0. The molecule has 0 bridgehead atoms. The number of esters is 1. The molecule has 0 saturated heterocycles. The Morgan fingerprint density at radius 3 is 2.87 bits per heavy atom. The molecule has 0 aromatic heterocycles. The molecule has 2 aliphatic rings. The van der Waals surface area contributed by atoms with Gasteiger partial charge in [-0.2, -0.15) is 0 Å². The van der Waals surface area contributed by atoms with Gasteiger partial charge in [0.25, 0.3) is 0 Å². The number of carbonyl (C=O) groups excluding carboxylic acids is 1. The maximum absolute atomic E-state index is 12.3. The molecule has 0 unspecified atom stereocenters. The highest BCUT2D eigenvalue weighted by atomic mass is 16.5. The van der Waals surface area contributed by atoms with Crippen molar-refractivity contribution in [3.8, 4) is 0 Å². The van der Waals surface area contributed by atoms with Crippen LogP contribution in [0.4, 0.5) is 0 Å². The number of carbonyl (C=O) groups is 1. The molecule has 0 aliphatic heterocycles. The van der Waals surface area contributed by atoms with Gasteiger partial charge in [-0.15, -0.1) is 0 Å². The van der Waals surface area contributed by atoms with Crippen molar-refractivity contribution in [2.45, 2.75) is 63.4 Å². The highest BCUT2D eigenvalue weighted by Gasteiger charge is 2.43. The zero-order valence-corrected chi connectivity index (χ0v) is 14.3. The van der Waals surface area contributed by atoms with Gasteiger partial charge in [0, 0.05) is 0 Å². The van der Waals surface area contributed by atoms with E-state index >= 15 is 0 Å². The molecule has 0 spiro atoms. The lowest BCUT2D eigenvalue weighted by atomic mass is 9.68. The van der Waals surface area contributed by atoms with Crippen LogP contribution in [0.2, 0.25) is 0 Å². The average molecular weight is 316 g/mol. The van der Waals surface area contributed by atoms with Crippen molar-refractivity contribution in [2.24, 2.45) is 11.8 Å². The van der Waals surface area contributed by atoms with Crippen LogP contribution in [0, 0.1) is 11.8 Å². The lowest BCUT2D eigenvalue weighted by Gasteiger charge is -2.42. The van der Waals surface area contributed by atoms with Crippen LogP contribution in [0.1, 0.15) is 62.5 Å². The van der Waals surface area contributed by atoms with Gasteiger partial charge in [0.2, 0.25) is 0 Å². The van der Waals surface area contributed by atoms with Crippen molar-refractivity contribution in [3.63, 3.8) is 0 Å². The van der Waals surface area contributed by atoms with Crippen molar-refractivity contribution >= 4 is 5.97 Å². The number of rotatable bonds is 1. The van der Waals surface area contributed by atoms with Gasteiger partial charge >= 0.3 is 5.97 Å². The van der Waals surface area contributed by atoms with E-state index in [0.29, 0.717) is 5.92 Å². The summed E-state index contributed by atoms with van der Waals surface area (Å²) in [6.07, 6.45) is 6.38. The Kier molecular flexibility index (Phi) is 4.77. The van der Waals surface area contributed by atoms with E-state index in [9.17, 15) is 9.90 Å². The Morgan fingerprint density at radius 2 is 2.09 bits per heavy atom. The third-order valence-corrected chi connectivity index (χ3v) is 5.99. The normalized spacial score (nSPS) is 34.3. The summed E-state index contributed by atoms with van der Waals surface area (Å²) >= 11 is 0. The predicted molar refractivity (Wildman–Crippen MR) is 90.2 cm³/mol. The van der Waals surface area contributed by atoms with Gasteiger partial charge < -0.3 is 9.84 Å². The lowest BCUT2D eigenvalue weighted by molar-refractivity contribution is -0.147. The fourth-order valence-electron chi connectivity index (χ4n) is 4.78. The van der Waals surface area contributed by atoms with Gasteiger partial charge in [-0.05, 0) is 55.1 Å². The molecule has 0 amide bonds. The van der Waals surface area contributed by atoms with Gasteiger partial charge in [-0.25, -0.2) is 0 Å². The van der Waals surface area contributed by atoms with E-state index in [1.165, 1.54) is 18.2 Å². The second-order valence-electron chi connectivity index (χ2n) is 7.51. The Hall–Kier alpha value is -1.35. The smallest absolute Gasteiger partial charge is 0.309 e. The Morgan fingerprint density at radius 1 is 1.30 bits per heavy atom. The van der Waals surface area contributed by atoms with Crippen LogP contribution >= 0.6 is 0 Å². The molecule has 0 heterocycles. The van der Waals surface area contributed by atoms with Gasteiger partial charge in [0.05, 0.1) is 18.6 Å². The van der Waals surface area contributed by atoms with Crippen LogP contribution in [0.5, 0.6) is 0 Å². The highest BCUT2D eigenvalue weighted by molar-refractivity contribution is 5.72. The van der Waals surface area contributed by atoms with Crippen LogP contribution in [-0.2, 0) is 16.0 Å². The molecule has 23 heavy (non-hydrogen) atoms. The van der Waals surface area contributed by atoms with Gasteiger partial charge in [0.1, 0.15) is 0 Å². The molecular formula is C20H28O3. The topological polar surface area (TPSA) is 46.5 Å². The van der Waals surface area contributed by atoms with Crippen LogP contribution in [0.25, 0.3) is 0 Å². The van der Waals surface area contributed by atoms with E-state index in [1.54, 1.807) is 0 Å². The lowest BCUT2D eigenvalue weighted by Crippen LogP contribution is -2.43. The van der Waals surface area contributed by atoms with E-state index in [2.05, 4.69) is 25.1 Å². The van der Waals surface area contributed by atoms with Crippen molar-refractivity contribution in [1.82, 2.24) is 0 Å².